The van der Waals surface area contributed by atoms with Gasteiger partial charge in [-0.2, -0.15) is 0 Å². The van der Waals surface area contributed by atoms with Crippen molar-refractivity contribution in [2.24, 2.45) is 0 Å². The maximum atomic E-state index is 12.1. The average Bonchev–Trinajstić information content (AvgIpc) is 3.00. The topological polar surface area (TPSA) is 84.9 Å². The van der Waals surface area contributed by atoms with Crippen LogP contribution < -0.4 is 14.8 Å². The average molecular weight is 311 g/mol. The molecule has 6 nitrogen and oxygen atoms in total. The van der Waals surface area contributed by atoms with Gasteiger partial charge in [-0.3, -0.25) is 4.79 Å². The Labute approximate surface area is 126 Å². The second-order valence-electron chi connectivity index (χ2n) is 4.55. The third-order valence-electron chi connectivity index (χ3n) is 3.23. The Hall–Kier alpha value is -1.89. The zero-order valence-corrected chi connectivity index (χ0v) is 12.7. The van der Waals surface area contributed by atoms with Crippen LogP contribution in [0.15, 0.2) is 12.1 Å². The summed E-state index contributed by atoms with van der Waals surface area (Å²) in [6.07, 6.45) is 1.81. The van der Waals surface area contributed by atoms with Gasteiger partial charge < -0.3 is 19.9 Å². The molecule has 1 atom stereocenters. The summed E-state index contributed by atoms with van der Waals surface area (Å²) in [4.78, 5) is 23.5. The quantitative estimate of drug-likeness (QED) is 0.867. The number of carbonyl (C=O) groups excluding carboxylic acids is 1. The number of methoxy groups -OCH3 is 2. The van der Waals surface area contributed by atoms with Crippen molar-refractivity contribution in [3.63, 3.8) is 0 Å². The number of nitrogens with one attached hydrogen (secondary N) is 1. The molecule has 114 valence electrons. The van der Waals surface area contributed by atoms with Gasteiger partial charge in [0, 0.05) is 12.1 Å². The molecule has 1 fully saturated rings. The van der Waals surface area contributed by atoms with E-state index in [0.717, 1.165) is 18.6 Å². The SMILES string of the molecule is COc1cc(NC(=O)C2CCCS2)c(C(=O)O)cc1OC. The summed E-state index contributed by atoms with van der Waals surface area (Å²) in [6.45, 7) is 0. The van der Waals surface area contributed by atoms with Gasteiger partial charge in [0.05, 0.1) is 30.7 Å². The Morgan fingerprint density at radius 1 is 1.29 bits per heavy atom. The molecule has 21 heavy (non-hydrogen) atoms. The van der Waals surface area contributed by atoms with Crippen LogP contribution in [0.3, 0.4) is 0 Å². The molecule has 0 saturated carbocycles. The molecule has 1 aliphatic heterocycles. The molecule has 0 aromatic heterocycles. The fourth-order valence-corrected chi connectivity index (χ4v) is 3.32. The van der Waals surface area contributed by atoms with Crippen LogP contribution in [0.25, 0.3) is 0 Å². The van der Waals surface area contributed by atoms with Crippen LogP contribution in [0.4, 0.5) is 5.69 Å². The number of benzene rings is 1. The van der Waals surface area contributed by atoms with E-state index in [2.05, 4.69) is 5.32 Å². The van der Waals surface area contributed by atoms with E-state index >= 15 is 0 Å². The van der Waals surface area contributed by atoms with Crippen molar-refractivity contribution in [3.05, 3.63) is 17.7 Å². The lowest BCUT2D eigenvalue weighted by atomic mass is 10.1. The van der Waals surface area contributed by atoms with Gasteiger partial charge in [0.1, 0.15) is 0 Å². The van der Waals surface area contributed by atoms with Crippen LogP contribution in [0.5, 0.6) is 11.5 Å². The number of thioether (sulfide) groups is 1. The highest BCUT2D eigenvalue weighted by Gasteiger charge is 2.25. The minimum Gasteiger partial charge on any atom is -0.493 e. The lowest BCUT2D eigenvalue weighted by molar-refractivity contribution is -0.115. The smallest absolute Gasteiger partial charge is 0.337 e. The molecule has 1 unspecified atom stereocenters. The van der Waals surface area contributed by atoms with Crippen molar-refractivity contribution in [3.8, 4) is 11.5 Å². The van der Waals surface area contributed by atoms with Crippen LogP contribution in [0, 0.1) is 0 Å². The molecule has 0 radical (unpaired) electrons. The standard InChI is InChI=1S/C14H17NO5S/c1-19-10-6-8(14(17)18)9(7-11(10)20-2)15-13(16)12-4-3-5-21-12/h6-7,12H,3-5H2,1-2H3,(H,15,16)(H,17,18). The van der Waals surface area contributed by atoms with E-state index in [1.165, 1.54) is 26.4 Å². The van der Waals surface area contributed by atoms with Crippen molar-refractivity contribution in [1.82, 2.24) is 0 Å². The molecule has 1 amide bonds. The Kier molecular flexibility index (Phi) is 4.95. The Bertz CT molecular complexity index is 555. The second kappa shape index (κ2) is 6.71. The summed E-state index contributed by atoms with van der Waals surface area (Å²) in [5, 5.41) is 11.8. The van der Waals surface area contributed by atoms with Crippen molar-refractivity contribution in [2.45, 2.75) is 18.1 Å². The first-order chi connectivity index (χ1) is 10.1. The number of rotatable bonds is 5. The minimum atomic E-state index is -1.13. The number of hydrogen-bond donors (Lipinski definition) is 2. The van der Waals surface area contributed by atoms with Gasteiger partial charge >= 0.3 is 5.97 Å². The van der Waals surface area contributed by atoms with Crippen molar-refractivity contribution < 1.29 is 24.2 Å². The van der Waals surface area contributed by atoms with Gasteiger partial charge in [0.15, 0.2) is 11.5 Å². The summed E-state index contributed by atoms with van der Waals surface area (Å²) in [5.74, 6) is 0.327. The van der Waals surface area contributed by atoms with Crippen molar-refractivity contribution in [2.75, 3.05) is 25.3 Å². The second-order valence-corrected chi connectivity index (χ2v) is 5.86. The molecule has 0 aliphatic carbocycles. The molecule has 2 N–H and O–H groups in total. The lowest BCUT2D eigenvalue weighted by Gasteiger charge is -2.15. The zero-order valence-electron chi connectivity index (χ0n) is 11.8. The van der Waals surface area contributed by atoms with Gasteiger partial charge in [-0.25, -0.2) is 4.79 Å². The van der Waals surface area contributed by atoms with Crippen LogP contribution in [-0.4, -0.2) is 42.2 Å². The number of aromatic carboxylic acids is 1. The first kappa shape index (κ1) is 15.5. The number of carboxylic acid groups (broad SMARTS) is 1. The maximum absolute atomic E-state index is 12.1. The highest BCUT2D eigenvalue weighted by molar-refractivity contribution is 8.00. The van der Waals surface area contributed by atoms with E-state index in [4.69, 9.17) is 9.47 Å². The van der Waals surface area contributed by atoms with E-state index < -0.39 is 5.97 Å². The molecule has 0 spiro atoms. The Morgan fingerprint density at radius 2 is 1.95 bits per heavy atom. The molecule has 1 aliphatic rings. The van der Waals surface area contributed by atoms with Crippen molar-refractivity contribution in [1.29, 1.82) is 0 Å². The largest absolute Gasteiger partial charge is 0.493 e. The molecule has 1 aromatic rings. The van der Waals surface area contributed by atoms with Gasteiger partial charge in [-0.15, -0.1) is 11.8 Å². The van der Waals surface area contributed by atoms with Crippen LogP contribution in [0.1, 0.15) is 23.2 Å². The molecule has 7 heteroatoms. The summed E-state index contributed by atoms with van der Waals surface area (Å²) < 4.78 is 10.2. The third kappa shape index (κ3) is 3.41. The first-order valence-electron chi connectivity index (χ1n) is 6.48. The highest BCUT2D eigenvalue weighted by atomic mass is 32.2. The van der Waals surface area contributed by atoms with Gasteiger partial charge in [-0.05, 0) is 18.6 Å². The molecule has 1 saturated heterocycles. The minimum absolute atomic E-state index is 0.0241. The number of ether oxygens (including phenoxy) is 2. The molecule has 1 aromatic carbocycles. The third-order valence-corrected chi connectivity index (χ3v) is 4.61. The van der Waals surface area contributed by atoms with E-state index in [-0.39, 0.29) is 22.4 Å². The first-order valence-corrected chi connectivity index (χ1v) is 7.53. The Morgan fingerprint density at radius 3 is 2.48 bits per heavy atom. The number of carbonyl (C=O) groups is 2. The van der Waals surface area contributed by atoms with E-state index in [1.807, 2.05) is 0 Å². The van der Waals surface area contributed by atoms with Crippen LogP contribution in [-0.2, 0) is 4.79 Å². The van der Waals surface area contributed by atoms with E-state index in [9.17, 15) is 14.7 Å². The van der Waals surface area contributed by atoms with Gasteiger partial charge in [0.25, 0.3) is 0 Å². The fraction of sp³-hybridized carbons (Fsp3) is 0.429. The number of anilines is 1. The van der Waals surface area contributed by atoms with E-state index in [0.29, 0.717) is 11.5 Å². The number of hydrogen-bond acceptors (Lipinski definition) is 5. The predicted octanol–water partition coefficient (Wildman–Crippen LogP) is 2.24. The molecular weight excluding hydrogens is 294 g/mol. The molecule has 1 heterocycles. The monoisotopic (exact) mass is 311 g/mol. The molecule has 2 rings (SSSR count). The highest BCUT2D eigenvalue weighted by Crippen LogP contribution is 2.34. The molecule has 0 bridgehead atoms. The van der Waals surface area contributed by atoms with Crippen LogP contribution in [0.2, 0.25) is 0 Å². The van der Waals surface area contributed by atoms with Gasteiger partial charge in [-0.1, -0.05) is 0 Å². The van der Waals surface area contributed by atoms with Crippen molar-refractivity contribution >= 4 is 29.3 Å². The summed E-state index contributed by atoms with van der Waals surface area (Å²) in [7, 11) is 2.88. The van der Waals surface area contributed by atoms with Crippen LogP contribution >= 0.6 is 11.8 Å². The number of carboxylic acids is 1. The fourth-order valence-electron chi connectivity index (χ4n) is 2.16. The Balaban J connectivity index is 2.31. The predicted molar refractivity (Wildman–Crippen MR) is 80.6 cm³/mol. The summed E-state index contributed by atoms with van der Waals surface area (Å²) in [5.41, 5.74) is 0.196. The maximum Gasteiger partial charge on any atom is 0.337 e. The van der Waals surface area contributed by atoms with Gasteiger partial charge in [0.2, 0.25) is 5.91 Å². The molecular formula is C14H17NO5S. The lowest BCUT2D eigenvalue weighted by Crippen LogP contribution is -2.24. The number of amides is 1. The normalized spacial score (nSPS) is 17.3. The van der Waals surface area contributed by atoms with E-state index in [1.54, 1.807) is 11.8 Å². The summed E-state index contributed by atoms with van der Waals surface area (Å²) >= 11 is 1.59. The summed E-state index contributed by atoms with van der Waals surface area (Å²) in [6, 6.07) is 2.82. The zero-order chi connectivity index (χ0) is 15.4.